The molecule has 142 valence electrons. The zero-order chi connectivity index (χ0) is 18.8. The van der Waals surface area contributed by atoms with E-state index in [9.17, 15) is 9.90 Å². The van der Waals surface area contributed by atoms with E-state index in [1.54, 1.807) is 12.0 Å². The van der Waals surface area contributed by atoms with E-state index in [0.717, 1.165) is 22.5 Å². The molecule has 27 heavy (non-hydrogen) atoms. The van der Waals surface area contributed by atoms with Crippen molar-refractivity contribution in [1.82, 2.24) is 19.4 Å². The van der Waals surface area contributed by atoms with Gasteiger partial charge in [0.1, 0.15) is 30.5 Å². The summed E-state index contributed by atoms with van der Waals surface area (Å²) in [5.74, 6) is 2.02. The molecule has 0 bridgehead atoms. The number of carbonyl (C=O) groups excluding carboxylic acids is 1. The van der Waals surface area contributed by atoms with Gasteiger partial charge in [-0.15, -0.1) is 0 Å². The third-order valence-corrected chi connectivity index (χ3v) is 4.82. The smallest absolute Gasteiger partial charge is 0.224 e. The number of benzene rings is 1. The Labute approximate surface area is 156 Å². The molecule has 3 aromatic rings. The molecule has 8 heteroatoms. The average Bonchev–Trinajstić information content (AvgIpc) is 3.25. The summed E-state index contributed by atoms with van der Waals surface area (Å²) >= 11 is 0. The molecule has 0 aliphatic carbocycles. The molecule has 0 fully saturated rings. The number of aryl methyl sites for hydroxylation is 1. The fourth-order valence-corrected chi connectivity index (χ4v) is 3.51. The lowest BCUT2D eigenvalue weighted by atomic mass is 10.1. The SMILES string of the molecule is COCc1nc2c(o1)CCN(C(=O)CCn1c(CO)nc3ccccc31)C2. The van der Waals surface area contributed by atoms with Crippen LogP contribution in [0.25, 0.3) is 11.0 Å². The third kappa shape index (κ3) is 3.45. The summed E-state index contributed by atoms with van der Waals surface area (Å²) in [6.07, 6.45) is 0.999. The number of para-hydroxylation sites is 2. The lowest BCUT2D eigenvalue weighted by Gasteiger charge is -2.25. The van der Waals surface area contributed by atoms with E-state index in [0.29, 0.717) is 50.8 Å². The predicted molar refractivity (Wildman–Crippen MR) is 96.6 cm³/mol. The van der Waals surface area contributed by atoms with E-state index in [4.69, 9.17) is 9.15 Å². The minimum Gasteiger partial charge on any atom is -0.443 e. The molecule has 0 radical (unpaired) electrons. The number of aliphatic hydroxyl groups excluding tert-OH is 1. The van der Waals surface area contributed by atoms with Gasteiger partial charge in [0, 0.05) is 33.0 Å². The number of imidazole rings is 1. The number of aromatic nitrogens is 3. The molecule has 4 rings (SSSR count). The molecular weight excluding hydrogens is 348 g/mol. The summed E-state index contributed by atoms with van der Waals surface area (Å²) in [5.41, 5.74) is 2.56. The monoisotopic (exact) mass is 370 g/mol. The second-order valence-electron chi connectivity index (χ2n) is 6.55. The summed E-state index contributed by atoms with van der Waals surface area (Å²) in [5, 5.41) is 9.58. The maximum atomic E-state index is 12.7. The van der Waals surface area contributed by atoms with Crippen molar-refractivity contribution < 1.29 is 19.1 Å². The van der Waals surface area contributed by atoms with Crippen molar-refractivity contribution in [3.63, 3.8) is 0 Å². The standard InChI is InChI=1S/C19H22N4O4/c1-26-12-18-21-14-10-22(8-6-16(14)27-18)19(25)7-9-23-15-5-3-2-4-13(15)20-17(23)11-24/h2-5,24H,6-12H2,1H3. The first-order chi connectivity index (χ1) is 13.2. The van der Waals surface area contributed by atoms with Crippen molar-refractivity contribution >= 4 is 16.9 Å². The van der Waals surface area contributed by atoms with Gasteiger partial charge in [0.15, 0.2) is 0 Å². The van der Waals surface area contributed by atoms with Crippen LogP contribution in [0, 0.1) is 0 Å². The first-order valence-corrected chi connectivity index (χ1v) is 8.98. The van der Waals surface area contributed by atoms with Crippen LogP contribution in [-0.2, 0) is 42.3 Å². The maximum absolute atomic E-state index is 12.7. The van der Waals surface area contributed by atoms with E-state index in [1.807, 2.05) is 28.8 Å². The van der Waals surface area contributed by atoms with Gasteiger partial charge in [0.25, 0.3) is 0 Å². The molecule has 2 aromatic heterocycles. The van der Waals surface area contributed by atoms with Gasteiger partial charge < -0.3 is 23.7 Å². The highest BCUT2D eigenvalue weighted by Gasteiger charge is 2.25. The fourth-order valence-electron chi connectivity index (χ4n) is 3.51. The van der Waals surface area contributed by atoms with Gasteiger partial charge >= 0.3 is 0 Å². The predicted octanol–water partition coefficient (Wildman–Crippen LogP) is 1.64. The Morgan fingerprint density at radius 1 is 1.33 bits per heavy atom. The Morgan fingerprint density at radius 2 is 2.19 bits per heavy atom. The van der Waals surface area contributed by atoms with Crippen molar-refractivity contribution in [2.24, 2.45) is 0 Å². The van der Waals surface area contributed by atoms with Crippen LogP contribution in [0.4, 0.5) is 0 Å². The number of aliphatic hydroxyl groups is 1. The van der Waals surface area contributed by atoms with Crippen LogP contribution >= 0.6 is 0 Å². The number of nitrogens with zero attached hydrogens (tertiary/aromatic N) is 4. The number of carbonyl (C=O) groups is 1. The summed E-state index contributed by atoms with van der Waals surface area (Å²) in [4.78, 5) is 23.4. The van der Waals surface area contributed by atoms with Crippen LogP contribution in [0.1, 0.15) is 29.6 Å². The second kappa shape index (κ2) is 7.50. The number of fused-ring (bicyclic) bond motifs is 2. The van der Waals surface area contributed by atoms with Crippen LogP contribution in [-0.4, -0.2) is 44.1 Å². The van der Waals surface area contributed by atoms with Gasteiger partial charge in [-0.25, -0.2) is 9.97 Å². The van der Waals surface area contributed by atoms with Crippen LogP contribution in [0.3, 0.4) is 0 Å². The van der Waals surface area contributed by atoms with E-state index in [-0.39, 0.29) is 12.5 Å². The molecule has 8 nitrogen and oxygen atoms in total. The number of methoxy groups -OCH3 is 1. The molecule has 0 unspecified atom stereocenters. The first-order valence-electron chi connectivity index (χ1n) is 8.98. The number of oxazole rings is 1. The van der Waals surface area contributed by atoms with E-state index < -0.39 is 0 Å². The Kier molecular flexibility index (Phi) is 4.91. The molecule has 1 amide bonds. The van der Waals surface area contributed by atoms with Crippen LogP contribution < -0.4 is 0 Å². The van der Waals surface area contributed by atoms with Gasteiger partial charge in [-0.05, 0) is 12.1 Å². The topological polar surface area (TPSA) is 93.6 Å². The molecule has 3 heterocycles. The van der Waals surface area contributed by atoms with Crippen LogP contribution in [0.2, 0.25) is 0 Å². The largest absolute Gasteiger partial charge is 0.443 e. The number of ether oxygens (including phenoxy) is 1. The van der Waals surface area contributed by atoms with Crippen LogP contribution in [0.15, 0.2) is 28.7 Å². The highest BCUT2D eigenvalue weighted by atomic mass is 16.5. The molecular formula is C19H22N4O4. The molecule has 1 aromatic carbocycles. The Morgan fingerprint density at radius 3 is 3.00 bits per heavy atom. The minimum absolute atomic E-state index is 0.0543. The molecule has 0 atom stereocenters. The van der Waals surface area contributed by atoms with Crippen molar-refractivity contribution in [3.05, 3.63) is 47.4 Å². The van der Waals surface area contributed by atoms with E-state index in [2.05, 4.69) is 9.97 Å². The van der Waals surface area contributed by atoms with Gasteiger partial charge in [0.05, 0.1) is 17.6 Å². The van der Waals surface area contributed by atoms with Crippen molar-refractivity contribution in [2.75, 3.05) is 13.7 Å². The summed E-state index contributed by atoms with van der Waals surface area (Å²) in [7, 11) is 1.60. The van der Waals surface area contributed by atoms with E-state index >= 15 is 0 Å². The number of rotatable bonds is 6. The molecule has 0 spiro atoms. The summed E-state index contributed by atoms with van der Waals surface area (Å²) in [6, 6.07) is 7.69. The van der Waals surface area contributed by atoms with Crippen molar-refractivity contribution in [1.29, 1.82) is 0 Å². The first kappa shape index (κ1) is 17.7. The zero-order valence-electron chi connectivity index (χ0n) is 15.2. The molecule has 1 N–H and O–H groups in total. The summed E-state index contributed by atoms with van der Waals surface area (Å²) in [6.45, 7) is 1.73. The highest BCUT2D eigenvalue weighted by molar-refractivity contribution is 5.78. The minimum atomic E-state index is -0.156. The third-order valence-electron chi connectivity index (χ3n) is 4.82. The van der Waals surface area contributed by atoms with Gasteiger partial charge in [0.2, 0.25) is 11.8 Å². The molecule has 1 aliphatic heterocycles. The zero-order valence-corrected chi connectivity index (χ0v) is 15.2. The Bertz CT molecular complexity index is 962. The molecule has 1 aliphatic rings. The molecule has 0 saturated carbocycles. The lowest BCUT2D eigenvalue weighted by molar-refractivity contribution is -0.132. The van der Waals surface area contributed by atoms with Crippen molar-refractivity contribution in [3.8, 4) is 0 Å². The van der Waals surface area contributed by atoms with E-state index in [1.165, 1.54) is 0 Å². The van der Waals surface area contributed by atoms with Gasteiger partial charge in [-0.3, -0.25) is 4.79 Å². The molecule has 0 saturated heterocycles. The number of hydrogen-bond donors (Lipinski definition) is 1. The van der Waals surface area contributed by atoms with Crippen molar-refractivity contribution in [2.45, 2.75) is 39.1 Å². The fraction of sp³-hybridized carbons (Fsp3) is 0.421. The van der Waals surface area contributed by atoms with Gasteiger partial charge in [-0.1, -0.05) is 12.1 Å². The lowest BCUT2D eigenvalue weighted by Crippen LogP contribution is -2.36. The summed E-state index contributed by atoms with van der Waals surface area (Å²) < 4.78 is 12.6. The van der Waals surface area contributed by atoms with Crippen LogP contribution in [0.5, 0.6) is 0 Å². The Hall–Kier alpha value is -2.71. The quantitative estimate of drug-likeness (QED) is 0.709. The second-order valence-corrected chi connectivity index (χ2v) is 6.55. The number of hydrogen-bond acceptors (Lipinski definition) is 6. The normalized spacial score (nSPS) is 13.9. The number of amides is 1. The highest BCUT2D eigenvalue weighted by Crippen LogP contribution is 2.22. The Balaban J connectivity index is 1.44. The average molecular weight is 370 g/mol. The van der Waals surface area contributed by atoms with Gasteiger partial charge in [-0.2, -0.15) is 0 Å². The maximum Gasteiger partial charge on any atom is 0.224 e.